The quantitative estimate of drug-likeness (QED) is 0.913. The Bertz CT molecular complexity index is 714. The Kier molecular flexibility index (Phi) is 3.75. The van der Waals surface area contributed by atoms with Crippen LogP contribution in [0.2, 0.25) is 0 Å². The van der Waals surface area contributed by atoms with Crippen molar-refractivity contribution in [3.05, 3.63) is 30.0 Å². The van der Waals surface area contributed by atoms with Gasteiger partial charge in [0.05, 0.1) is 7.11 Å². The van der Waals surface area contributed by atoms with E-state index in [0.29, 0.717) is 31.9 Å². The summed E-state index contributed by atoms with van der Waals surface area (Å²) in [4.78, 5) is 30.6. The molecular weight excluding hydrogens is 282 g/mol. The van der Waals surface area contributed by atoms with Crippen LogP contribution in [0.3, 0.4) is 0 Å². The molecule has 1 aliphatic rings. The molecule has 2 aromatic rings. The second kappa shape index (κ2) is 5.71. The Balaban J connectivity index is 1.76. The van der Waals surface area contributed by atoms with Gasteiger partial charge in [-0.25, -0.2) is 0 Å². The van der Waals surface area contributed by atoms with Gasteiger partial charge in [-0.1, -0.05) is 0 Å². The average molecular weight is 301 g/mol. The Hall–Kier alpha value is -2.50. The van der Waals surface area contributed by atoms with Crippen molar-refractivity contribution in [2.75, 3.05) is 33.3 Å². The summed E-state index contributed by atoms with van der Waals surface area (Å²) in [5.74, 6) is 0.784. The lowest BCUT2D eigenvalue weighted by molar-refractivity contribution is -0.130. The fourth-order valence-electron chi connectivity index (χ4n) is 2.74. The maximum atomic E-state index is 12.6. The number of hydrogen-bond donors (Lipinski definition) is 1. The normalized spacial score (nSPS) is 15.2. The summed E-state index contributed by atoms with van der Waals surface area (Å²) in [6, 6.07) is 7.53. The smallest absolute Gasteiger partial charge is 0.270 e. The van der Waals surface area contributed by atoms with Crippen LogP contribution in [0.1, 0.15) is 17.4 Å². The van der Waals surface area contributed by atoms with Gasteiger partial charge in [0, 0.05) is 50.1 Å². The number of methoxy groups -OCH3 is 1. The summed E-state index contributed by atoms with van der Waals surface area (Å²) < 4.78 is 5.19. The van der Waals surface area contributed by atoms with E-state index in [4.69, 9.17) is 4.74 Å². The molecule has 0 radical (unpaired) electrons. The number of rotatable bonds is 2. The van der Waals surface area contributed by atoms with Crippen molar-refractivity contribution >= 4 is 22.7 Å². The van der Waals surface area contributed by atoms with Gasteiger partial charge >= 0.3 is 0 Å². The molecule has 3 rings (SSSR count). The van der Waals surface area contributed by atoms with Gasteiger partial charge in [0.1, 0.15) is 11.4 Å². The third-order valence-corrected chi connectivity index (χ3v) is 4.07. The summed E-state index contributed by atoms with van der Waals surface area (Å²) in [7, 11) is 1.62. The molecule has 1 aromatic carbocycles. The number of ether oxygens (including phenoxy) is 1. The molecule has 0 aliphatic carbocycles. The largest absolute Gasteiger partial charge is 0.497 e. The highest BCUT2D eigenvalue weighted by molar-refractivity contribution is 5.98. The maximum absolute atomic E-state index is 12.6. The van der Waals surface area contributed by atoms with Crippen molar-refractivity contribution in [2.24, 2.45) is 0 Å². The molecule has 0 unspecified atom stereocenters. The van der Waals surface area contributed by atoms with Crippen LogP contribution in [-0.4, -0.2) is 59.9 Å². The molecule has 1 aromatic heterocycles. The van der Waals surface area contributed by atoms with E-state index < -0.39 is 0 Å². The Morgan fingerprint density at radius 2 is 1.77 bits per heavy atom. The van der Waals surface area contributed by atoms with Crippen molar-refractivity contribution in [1.29, 1.82) is 0 Å². The van der Waals surface area contributed by atoms with E-state index in [1.54, 1.807) is 23.8 Å². The van der Waals surface area contributed by atoms with E-state index in [1.165, 1.54) is 0 Å². The van der Waals surface area contributed by atoms with Crippen LogP contribution < -0.4 is 4.74 Å². The fraction of sp³-hybridized carbons (Fsp3) is 0.375. The second-order valence-electron chi connectivity index (χ2n) is 5.43. The van der Waals surface area contributed by atoms with Crippen LogP contribution in [0.4, 0.5) is 0 Å². The van der Waals surface area contributed by atoms with Crippen molar-refractivity contribution in [3.63, 3.8) is 0 Å². The molecule has 2 heterocycles. The molecule has 22 heavy (non-hydrogen) atoms. The monoisotopic (exact) mass is 301 g/mol. The number of benzene rings is 1. The first-order chi connectivity index (χ1) is 10.6. The van der Waals surface area contributed by atoms with E-state index >= 15 is 0 Å². The number of piperazine rings is 1. The first-order valence-electron chi connectivity index (χ1n) is 7.30. The van der Waals surface area contributed by atoms with Gasteiger partial charge in [-0.15, -0.1) is 0 Å². The number of aromatic nitrogens is 1. The van der Waals surface area contributed by atoms with Gasteiger partial charge in [0.2, 0.25) is 5.91 Å². The molecule has 1 saturated heterocycles. The Labute approximate surface area is 128 Å². The summed E-state index contributed by atoms with van der Waals surface area (Å²) in [5.41, 5.74) is 1.45. The molecule has 0 spiro atoms. The molecule has 0 saturated carbocycles. The Morgan fingerprint density at radius 3 is 2.41 bits per heavy atom. The molecular formula is C16H19N3O3. The SMILES string of the molecule is COc1ccc2cc(C(=O)N3CCN(C(C)=O)CC3)[nH]c2c1. The number of nitrogens with one attached hydrogen (secondary N) is 1. The number of nitrogens with zero attached hydrogens (tertiary/aromatic N) is 2. The third-order valence-electron chi connectivity index (χ3n) is 4.07. The summed E-state index contributed by atoms with van der Waals surface area (Å²) in [6.45, 7) is 3.88. The van der Waals surface area contributed by atoms with Crippen molar-refractivity contribution < 1.29 is 14.3 Å². The number of aromatic amines is 1. The summed E-state index contributed by atoms with van der Waals surface area (Å²) in [6.07, 6.45) is 0. The van der Waals surface area contributed by atoms with Crippen LogP contribution in [0.5, 0.6) is 5.75 Å². The van der Waals surface area contributed by atoms with Gasteiger partial charge in [-0.05, 0) is 18.2 Å². The minimum atomic E-state index is -0.0293. The predicted molar refractivity (Wildman–Crippen MR) is 83.0 cm³/mol. The first-order valence-corrected chi connectivity index (χ1v) is 7.30. The highest BCUT2D eigenvalue weighted by Crippen LogP contribution is 2.22. The van der Waals surface area contributed by atoms with E-state index in [1.807, 2.05) is 24.3 Å². The Morgan fingerprint density at radius 1 is 1.09 bits per heavy atom. The standard InChI is InChI=1S/C16H19N3O3/c1-11(20)18-5-7-19(8-6-18)16(21)15-9-12-3-4-13(22-2)10-14(12)17-15/h3-4,9-10,17H,5-8H2,1-2H3. The number of amides is 2. The van der Waals surface area contributed by atoms with Crippen LogP contribution in [0.25, 0.3) is 10.9 Å². The zero-order valence-electron chi connectivity index (χ0n) is 12.8. The van der Waals surface area contributed by atoms with Crippen LogP contribution in [0.15, 0.2) is 24.3 Å². The van der Waals surface area contributed by atoms with E-state index in [9.17, 15) is 9.59 Å². The zero-order valence-corrected chi connectivity index (χ0v) is 12.8. The van der Waals surface area contributed by atoms with Crippen LogP contribution in [-0.2, 0) is 4.79 Å². The highest BCUT2D eigenvalue weighted by Gasteiger charge is 2.24. The van der Waals surface area contributed by atoms with Crippen molar-refractivity contribution in [2.45, 2.75) is 6.92 Å². The second-order valence-corrected chi connectivity index (χ2v) is 5.43. The minimum Gasteiger partial charge on any atom is -0.497 e. The van der Waals surface area contributed by atoms with Gasteiger partial charge in [-0.3, -0.25) is 9.59 Å². The first kappa shape index (κ1) is 14.4. The van der Waals surface area contributed by atoms with Gasteiger partial charge in [-0.2, -0.15) is 0 Å². The number of hydrogen-bond acceptors (Lipinski definition) is 3. The number of carbonyl (C=O) groups excluding carboxylic acids is 2. The lowest BCUT2D eigenvalue weighted by Gasteiger charge is -2.33. The zero-order chi connectivity index (χ0) is 15.7. The number of fused-ring (bicyclic) bond motifs is 1. The number of H-pyrrole nitrogens is 1. The molecule has 6 heteroatoms. The molecule has 2 amide bonds. The molecule has 116 valence electrons. The highest BCUT2D eigenvalue weighted by atomic mass is 16.5. The van der Waals surface area contributed by atoms with Gasteiger partial charge in [0.15, 0.2) is 0 Å². The molecule has 0 bridgehead atoms. The lowest BCUT2D eigenvalue weighted by Crippen LogP contribution is -2.50. The fourth-order valence-corrected chi connectivity index (χ4v) is 2.74. The third kappa shape index (κ3) is 2.64. The number of carbonyl (C=O) groups is 2. The predicted octanol–water partition coefficient (Wildman–Crippen LogP) is 1.48. The van der Waals surface area contributed by atoms with Gasteiger partial charge < -0.3 is 19.5 Å². The van der Waals surface area contributed by atoms with Crippen LogP contribution in [0, 0.1) is 0 Å². The minimum absolute atomic E-state index is 0.0293. The lowest BCUT2D eigenvalue weighted by atomic mass is 10.2. The van der Waals surface area contributed by atoms with Crippen LogP contribution >= 0.6 is 0 Å². The maximum Gasteiger partial charge on any atom is 0.270 e. The van der Waals surface area contributed by atoms with Gasteiger partial charge in [0.25, 0.3) is 5.91 Å². The van der Waals surface area contributed by atoms with Crippen molar-refractivity contribution in [1.82, 2.24) is 14.8 Å². The molecule has 1 fully saturated rings. The van der Waals surface area contributed by atoms with Crippen molar-refractivity contribution in [3.8, 4) is 5.75 Å². The summed E-state index contributed by atoms with van der Waals surface area (Å²) >= 11 is 0. The summed E-state index contributed by atoms with van der Waals surface area (Å²) in [5, 5.41) is 0.978. The average Bonchev–Trinajstić information content (AvgIpc) is 2.97. The van der Waals surface area contributed by atoms with E-state index in [-0.39, 0.29) is 11.8 Å². The topological polar surface area (TPSA) is 65.6 Å². The van der Waals surface area contributed by atoms with E-state index in [0.717, 1.165) is 16.7 Å². The molecule has 1 N–H and O–H groups in total. The molecule has 6 nitrogen and oxygen atoms in total. The molecule has 0 atom stereocenters. The van der Waals surface area contributed by atoms with E-state index in [2.05, 4.69) is 4.98 Å². The molecule has 1 aliphatic heterocycles.